The maximum Gasteiger partial charge on any atom is 0.338 e. The van der Waals surface area contributed by atoms with Gasteiger partial charge < -0.3 is 19.9 Å². The molecule has 0 aliphatic heterocycles. The van der Waals surface area contributed by atoms with E-state index in [1.165, 1.54) is 14.0 Å². The minimum atomic E-state index is -1.49. The lowest BCUT2D eigenvalue weighted by Gasteiger charge is -2.23. The van der Waals surface area contributed by atoms with Gasteiger partial charge in [0.1, 0.15) is 0 Å². The second-order valence-corrected chi connectivity index (χ2v) is 3.71. The average Bonchev–Trinajstić information content (AvgIpc) is 2.22. The number of hydrogen-bond acceptors (Lipinski definition) is 5. The molecule has 90 valence electrons. The molecule has 0 rings (SSSR count). The van der Waals surface area contributed by atoms with Crippen LogP contribution >= 0.6 is 0 Å². The number of carbonyl (C=O) groups is 1. The second kappa shape index (κ2) is 6.76. The molecule has 0 aromatic rings. The van der Waals surface area contributed by atoms with E-state index >= 15 is 0 Å². The van der Waals surface area contributed by atoms with Gasteiger partial charge in [0.05, 0.1) is 13.7 Å². The summed E-state index contributed by atoms with van der Waals surface area (Å²) < 4.78 is 9.66. The van der Waals surface area contributed by atoms with Gasteiger partial charge in [-0.25, -0.2) is 4.79 Å². The minimum Gasteiger partial charge on any atom is -0.467 e. The van der Waals surface area contributed by atoms with Gasteiger partial charge in [-0.1, -0.05) is 0 Å². The summed E-state index contributed by atoms with van der Waals surface area (Å²) >= 11 is 0. The molecule has 0 saturated heterocycles. The highest BCUT2D eigenvalue weighted by Crippen LogP contribution is 2.04. The number of carbonyl (C=O) groups excluding carboxylic acids is 1. The number of methoxy groups -OCH3 is 1. The lowest BCUT2D eigenvalue weighted by atomic mass is 10.1. The number of ether oxygens (including phenoxy) is 2. The van der Waals surface area contributed by atoms with Gasteiger partial charge in [-0.2, -0.15) is 0 Å². The van der Waals surface area contributed by atoms with Crippen molar-refractivity contribution in [2.24, 2.45) is 0 Å². The van der Waals surface area contributed by atoms with Gasteiger partial charge >= 0.3 is 5.97 Å². The molecule has 0 aromatic carbocycles. The summed E-state index contributed by atoms with van der Waals surface area (Å²) in [4.78, 5) is 11.1. The number of nitrogens with one attached hydrogen (secondary N) is 1. The molecule has 0 fully saturated rings. The smallest absolute Gasteiger partial charge is 0.338 e. The van der Waals surface area contributed by atoms with Crippen molar-refractivity contribution in [1.82, 2.24) is 5.32 Å². The van der Waals surface area contributed by atoms with Crippen LogP contribution in [0.2, 0.25) is 0 Å². The molecule has 2 atom stereocenters. The summed E-state index contributed by atoms with van der Waals surface area (Å²) in [5, 5.41) is 12.7. The lowest BCUT2D eigenvalue weighted by Crippen LogP contribution is -2.48. The van der Waals surface area contributed by atoms with Gasteiger partial charge in [-0.05, 0) is 20.8 Å². The topological polar surface area (TPSA) is 67.8 Å². The van der Waals surface area contributed by atoms with Gasteiger partial charge in [-0.3, -0.25) is 0 Å². The van der Waals surface area contributed by atoms with Crippen LogP contribution in [0, 0.1) is 0 Å². The molecule has 0 heterocycles. The molecule has 0 saturated carbocycles. The summed E-state index contributed by atoms with van der Waals surface area (Å²) in [5.41, 5.74) is -1.49. The first-order valence-corrected chi connectivity index (χ1v) is 5.06. The molecule has 0 spiro atoms. The molecule has 0 aliphatic carbocycles. The Morgan fingerprint density at radius 1 is 1.60 bits per heavy atom. The molecule has 15 heavy (non-hydrogen) atoms. The molecular formula is C10H21NO4. The van der Waals surface area contributed by atoms with E-state index < -0.39 is 11.6 Å². The van der Waals surface area contributed by atoms with Gasteiger partial charge in [-0.15, -0.1) is 0 Å². The molecule has 0 amide bonds. The molecular weight excluding hydrogens is 198 g/mol. The number of esters is 1. The van der Waals surface area contributed by atoms with Crippen LogP contribution in [0.15, 0.2) is 0 Å². The minimum absolute atomic E-state index is 0.0843. The van der Waals surface area contributed by atoms with Crippen molar-refractivity contribution in [2.45, 2.75) is 32.4 Å². The highest BCUT2D eigenvalue weighted by molar-refractivity contribution is 5.78. The molecule has 0 aromatic heterocycles. The summed E-state index contributed by atoms with van der Waals surface area (Å²) in [6.45, 7) is 6.60. The van der Waals surface area contributed by atoms with Crippen molar-refractivity contribution in [3.63, 3.8) is 0 Å². The van der Waals surface area contributed by atoms with E-state index in [1.807, 2.05) is 13.8 Å². The molecule has 2 unspecified atom stereocenters. The quantitative estimate of drug-likeness (QED) is 0.586. The van der Waals surface area contributed by atoms with Crippen molar-refractivity contribution in [3.05, 3.63) is 0 Å². The first-order chi connectivity index (χ1) is 6.94. The third-order valence-electron chi connectivity index (χ3n) is 1.99. The fourth-order valence-corrected chi connectivity index (χ4v) is 1.02. The van der Waals surface area contributed by atoms with E-state index in [-0.39, 0.29) is 12.6 Å². The number of aliphatic hydroxyl groups is 1. The van der Waals surface area contributed by atoms with Crippen molar-refractivity contribution in [1.29, 1.82) is 0 Å². The van der Waals surface area contributed by atoms with Crippen LogP contribution in [0.3, 0.4) is 0 Å². The number of hydrogen-bond donors (Lipinski definition) is 2. The average molecular weight is 219 g/mol. The summed E-state index contributed by atoms with van der Waals surface area (Å²) in [6, 6.07) is 0.0843. The first kappa shape index (κ1) is 14.3. The van der Waals surface area contributed by atoms with E-state index in [0.29, 0.717) is 13.2 Å². The highest BCUT2D eigenvalue weighted by Gasteiger charge is 2.31. The van der Waals surface area contributed by atoms with Crippen molar-refractivity contribution < 1.29 is 19.4 Å². The molecule has 0 bridgehead atoms. The predicted octanol–water partition coefficient (Wildman–Crippen LogP) is -0.0750. The molecule has 0 radical (unpaired) electrons. The zero-order valence-electron chi connectivity index (χ0n) is 9.87. The molecule has 5 heteroatoms. The normalized spacial score (nSPS) is 16.9. The van der Waals surface area contributed by atoms with Crippen LogP contribution in [-0.2, 0) is 14.3 Å². The van der Waals surface area contributed by atoms with Gasteiger partial charge in [0, 0.05) is 19.2 Å². The lowest BCUT2D eigenvalue weighted by molar-refractivity contribution is -0.160. The molecule has 0 aliphatic rings. The Kier molecular flexibility index (Phi) is 6.47. The fourth-order valence-electron chi connectivity index (χ4n) is 1.02. The van der Waals surface area contributed by atoms with E-state index in [1.54, 1.807) is 0 Å². The van der Waals surface area contributed by atoms with E-state index in [2.05, 4.69) is 10.1 Å². The van der Waals surface area contributed by atoms with Crippen molar-refractivity contribution in [3.8, 4) is 0 Å². The van der Waals surface area contributed by atoms with Crippen LogP contribution in [0.4, 0.5) is 0 Å². The van der Waals surface area contributed by atoms with Gasteiger partial charge in [0.2, 0.25) is 0 Å². The van der Waals surface area contributed by atoms with Gasteiger partial charge in [0.15, 0.2) is 5.60 Å². The maximum absolute atomic E-state index is 11.1. The Bertz CT molecular complexity index is 194. The predicted molar refractivity (Wildman–Crippen MR) is 56.6 cm³/mol. The van der Waals surface area contributed by atoms with Gasteiger partial charge in [0.25, 0.3) is 0 Å². The monoisotopic (exact) mass is 219 g/mol. The van der Waals surface area contributed by atoms with Crippen LogP contribution < -0.4 is 5.32 Å². The largest absolute Gasteiger partial charge is 0.467 e. The zero-order valence-corrected chi connectivity index (χ0v) is 9.87. The Balaban J connectivity index is 3.87. The maximum atomic E-state index is 11.1. The Morgan fingerprint density at radius 2 is 2.20 bits per heavy atom. The van der Waals surface area contributed by atoms with E-state index in [4.69, 9.17) is 4.74 Å². The molecule has 2 N–H and O–H groups in total. The van der Waals surface area contributed by atoms with E-state index in [0.717, 1.165) is 0 Å². The third-order valence-corrected chi connectivity index (χ3v) is 1.99. The summed E-state index contributed by atoms with van der Waals surface area (Å²) in [7, 11) is 1.25. The van der Waals surface area contributed by atoms with Crippen LogP contribution in [-0.4, -0.2) is 49.6 Å². The first-order valence-electron chi connectivity index (χ1n) is 5.06. The standard InChI is InChI=1S/C10H21NO4/c1-5-15-6-8(2)11-7-10(3,13)9(12)14-4/h8,11,13H,5-7H2,1-4H3. The van der Waals surface area contributed by atoms with E-state index in [9.17, 15) is 9.90 Å². The zero-order chi connectivity index (χ0) is 11.9. The van der Waals surface area contributed by atoms with Crippen molar-refractivity contribution in [2.75, 3.05) is 26.9 Å². The summed E-state index contributed by atoms with van der Waals surface area (Å²) in [6.07, 6.45) is 0. The second-order valence-electron chi connectivity index (χ2n) is 3.71. The molecule has 5 nitrogen and oxygen atoms in total. The van der Waals surface area contributed by atoms with Crippen LogP contribution in [0.25, 0.3) is 0 Å². The van der Waals surface area contributed by atoms with Crippen LogP contribution in [0.1, 0.15) is 20.8 Å². The Hall–Kier alpha value is -0.650. The van der Waals surface area contributed by atoms with Crippen LogP contribution in [0.5, 0.6) is 0 Å². The summed E-state index contributed by atoms with van der Waals surface area (Å²) in [5.74, 6) is -0.640. The Labute approximate surface area is 90.8 Å². The highest BCUT2D eigenvalue weighted by atomic mass is 16.5. The van der Waals surface area contributed by atoms with Crippen molar-refractivity contribution >= 4 is 5.97 Å². The third kappa shape index (κ3) is 5.71. The number of rotatable bonds is 7. The SMILES string of the molecule is CCOCC(C)NCC(C)(O)C(=O)OC. The Morgan fingerprint density at radius 3 is 2.67 bits per heavy atom. The fraction of sp³-hybridized carbons (Fsp3) is 0.900.